The molecule has 0 saturated carbocycles. The van der Waals surface area contributed by atoms with Gasteiger partial charge in [-0.25, -0.2) is 0 Å². The second kappa shape index (κ2) is 7.05. The molecular formula is C36H19BN2O. The Hall–Kier alpha value is -5.22. The van der Waals surface area contributed by atoms with Gasteiger partial charge in [0.05, 0.1) is 38.7 Å². The fourth-order valence-corrected chi connectivity index (χ4v) is 7.25. The Morgan fingerprint density at radius 2 is 1.20 bits per heavy atom. The smallest absolute Gasteiger partial charge is 0.137 e. The summed E-state index contributed by atoms with van der Waals surface area (Å²) in [6, 6.07) is 41.0. The molecule has 0 atom stereocenters. The van der Waals surface area contributed by atoms with Crippen LogP contribution in [0.3, 0.4) is 0 Å². The Morgan fingerprint density at radius 1 is 0.475 bits per heavy atom. The number of furan rings is 1. The van der Waals surface area contributed by atoms with Crippen molar-refractivity contribution < 1.29 is 4.42 Å². The van der Waals surface area contributed by atoms with E-state index in [1.165, 1.54) is 59.9 Å². The van der Waals surface area contributed by atoms with Gasteiger partial charge in [0.2, 0.25) is 0 Å². The quantitative estimate of drug-likeness (QED) is 0.204. The molecule has 0 spiro atoms. The van der Waals surface area contributed by atoms with Crippen LogP contribution in [0.2, 0.25) is 0 Å². The molecule has 6 aromatic carbocycles. The van der Waals surface area contributed by atoms with Crippen molar-refractivity contribution in [1.82, 2.24) is 8.97 Å². The Kier molecular flexibility index (Phi) is 3.65. The summed E-state index contributed by atoms with van der Waals surface area (Å²) >= 11 is 0. The summed E-state index contributed by atoms with van der Waals surface area (Å²) < 4.78 is 11.1. The largest absolute Gasteiger partial charge is 0.456 e. The van der Waals surface area contributed by atoms with Crippen LogP contribution in [0.5, 0.6) is 0 Å². The number of para-hydroxylation sites is 3. The minimum atomic E-state index is 0.729. The fraction of sp³-hybridized carbons (Fsp3) is 0. The zero-order chi connectivity index (χ0) is 26.1. The van der Waals surface area contributed by atoms with E-state index in [9.17, 15) is 0 Å². The number of hydrogen-bond donors (Lipinski definition) is 0. The van der Waals surface area contributed by atoms with Crippen molar-refractivity contribution in [3.63, 3.8) is 0 Å². The summed E-state index contributed by atoms with van der Waals surface area (Å²) in [4.78, 5) is 0. The van der Waals surface area contributed by atoms with E-state index in [4.69, 9.17) is 12.3 Å². The highest BCUT2D eigenvalue weighted by Gasteiger charge is 2.23. The van der Waals surface area contributed by atoms with Crippen molar-refractivity contribution in [1.29, 1.82) is 0 Å². The first kappa shape index (κ1) is 20.7. The lowest BCUT2D eigenvalue weighted by Crippen LogP contribution is -1.99. The highest BCUT2D eigenvalue weighted by atomic mass is 16.3. The van der Waals surface area contributed by atoms with Crippen molar-refractivity contribution in [2.45, 2.75) is 0 Å². The molecular weight excluding hydrogens is 487 g/mol. The Balaban J connectivity index is 1.45. The predicted molar refractivity (Wildman–Crippen MR) is 168 cm³/mol. The molecule has 0 amide bonds. The third-order valence-electron chi connectivity index (χ3n) is 8.76. The van der Waals surface area contributed by atoms with E-state index < -0.39 is 0 Å². The molecule has 10 aromatic rings. The van der Waals surface area contributed by atoms with Gasteiger partial charge in [-0.2, -0.15) is 0 Å². The lowest BCUT2D eigenvalue weighted by Gasteiger charge is -2.10. The predicted octanol–water partition coefficient (Wildman–Crippen LogP) is 8.63. The van der Waals surface area contributed by atoms with Crippen LogP contribution >= 0.6 is 0 Å². The molecule has 3 nitrogen and oxygen atoms in total. The van der Waals surface area contributed by atoms with E-state index in [0.29, 0.717) is 0 Å². The van der Waals surface area contributed by atoms with Crippen LogP contribution in [-0.2, 0) is 0 Å². The minimum absolute atomic E-state index is 0.729. The van der Waals surface area contributed by atoms with Gasteiger partial charge in [0, 0.05) is 37.7 Å². The maximum atomic E-state index is 6.28. The zero-order valence-electron chi connectivity index (χ0n) is 21.3. The van der Waals surface area contributed by atoms with Crippen LogP contribution in [-0.4, -0.2) is 16.8 Å². The normalized spacial score (nSPS) is 12.6. The lowest BCUT2D eigenvalue weighted by molar-refractivity contribution is 0.669. The number of benzene rings is 6. The number of aromatic nitrogens is 2. The third kappa shape index (κ3) is 2.35. The molecule has 4 heteroatoms. The number of nitrogens with zero attached hydrogens (tertiary/aromatic N) is 2. The van der Waals surface area contributed by atoms with Gasteiger partial charge in [-0.05, 0) is 42.5 Å². The summed E-state index contributed by atoms with van der Waals surface area (Å²) in [5.41, 5.74) is 9.65. The standard InChI is InChI=1S/C36H19BN2O/c37-20-15-18-31-25(19-20)33-28(13-6-14-32(33)40-31)38-27-12-4-2-8-23(27)34-29(38)16-17-30-35(34)24-10-5-9-22-21-7-1-3-11-26(21)39(30)36(22)24/h1-19H. The fourth-order valence-electron chi connectivity index (χ4n) is 7.25. The summed E-state index contributed by atoms with van der Waals surface area (Å²) in [5.74, 6) is 0. The summed E-state index contributed by atoms with van der Waals surface area (Å²) in [7, 11) is 6.24. The second-order valence-corrected chi connectivity index (χ2v) is 10.8. The van der Waals surface area contributed by atoms with Gasteiger partial charge in [0.1, 0.15) is 19.0 Å². The molecule has 0 saturated heterocycles. The van der Waals surface area contributed by atoms with E-state index in [2.05, 4.69) is 100.0 Å². The van der Waals surface area contributed by atoms with Crippen LogP contribution in [0.15, 0.2) is 120 Å². The van der Waals surface area contributed by atoms with Crippen LogP contribution in [0, 0.1) is 0 Å². The van der Waals surface area contributed by atoms with E-state index in [1.54, 1.807) is 0 Å². The highest BCUT2D eigenvalue weighted by Crippen LogP contribution is 2.45. The van der Waals surface area contributed by atoms with Gasteiger partial charge in [0.15, 0.2) is 0 Å². The molecule has 0 aliphatic heterocycles. The van der Waals surface area contributed by atoms with Crippen LogP contribution < -0.4 is 5.46 Å². The average molecular weight is 506 g/mol. The Morgan fingerprint density at radius 3 is 2.12 bits per heavy atom. The highest BCUT2D eigenvalue weighted by molar-refractivity contribution is 6.34. The number of fused-ring (bicyclic) bond motifs is 13. The van der Waals surface area contributed by atoms with Gasteiger partial charge < -0.3 is 13.4 Å². The van der Waals surface area contributed by atoms with Gasteiger partial charge in [0.25, 0.3) is 0 Å². The SMILES string of the molecule is [B]c1ccc2oc3cccc(-n4c5ccccc5c5c6c7cccc8c9ccccc9n(c6ccc54)c87)c3c2c1. The molecule has 182 valence electrons. The maximum absolute atomic E-state index is 6.28. The topological polar surface area (TPSA) is 22.5 Å². The van der Waals surface area contributed by atoms with Crippen LogP contribution in [0.1, 0.15) is 0 Å². The van der Waals surface area contributed by atoms with Gasteiger partial charge in [-0.1, -0.05) is 78.3 Å². The Bertz CT molecular complexity index is 2670. The molecule has 0 N–H and O–H groups in total. The molecule has 0 fully saturated rings. The van der Waals surface area contributed by atoms with E-state index in [-0.39, 0.29) is 0 Å². The molecule has 40 heavy (non-hydrogen) atoms. The van der Waals surface area contributed by atoms with Crippen molar-refractivity contribution in [3.05, 3.63) is 115 Å². The van der Waals surface area contributed by atoms with E-state index >= 15 is 0 Å². The van der Waals surface area contributed by atoms with Gasteiger partial charge in [-0.3, -0.25) is 0 Å². The van der Waals surface area contributed by atoms with Crippen molar-refractivity contribution in [3.8, 4) is 5.69 Å². The van der Waals surface area contributed by atoms with Crippen LogP contribution in [0.4, 0.5) is 0 Å². The number of rotatable bonds is 1. The van der Waals surface area contributed by atoms with Crippen molar-refractivity contribution in [2.75, 3.05) is 0 Å². The summed E-state index contributed by atoms with van der Waals surface area (Å²) in [5, 5.41) is 9.81. The minimum Gasteiger partial charge on any atom is -0.456 e. The molecule has 0 aliphatic rings. The average Bonchev–Trinajstić information content (AvgIpc) is 3.72. The second-order valence-electron chi connectivity index (χ2n) is 10.8. The van der Waals surface area contributed by atoms with Crippen LogP contribution in [0.25, 0.3) is 87.5 Å². The van der Waals surface area contributed by atoms with Crippen molar-refractivity contribution >= 4 is 95.1 Å². The van der Waals surface area contributed by atoms with E-state index in [0.717, 1.165) is 33.1 Å². The Labute approximate surface area is 229 Å². The number of hydrogen-bond acceptors (Lipinski definition) is 1. The van der Waals surface area contributed by atoms with Gasteiger partial charge in [-0.15, -0.1) is 0 Å². The van der Waals surface area contributed by atoms with Gasteiger partial charge >= 0.3 is 0 Å². The van der Waals surface area contributed by atoms with E-state index in [1.807, 2.05) is 24.3 Å². The monoisotopic (exact) mass is 506 g/mol. The summed E-state index contributed by atoms with van der Waals surface area (Å²) in [6.45, 7) is 0. The first-order valence-corrected chi connectivity index (χ1v) is 13.6. The molecule has 0 aliphatic carbocycles. The third-order valence-corrected chi connectivity index (χ3v) is 8.76. The first-order chi connectivity index (χ1) is 19.8. The molecule has 0 bridgehead atoms. The summed E-state index contributed by atoms with van der Waals surface area (Å²) in [6.07, 6.45) is 0. The molecule has 4 aromatic heterocycles. The zero-order valence-corrected chi connectivity index (χ0v) is 21.3. The maximum Gasteiger partial charge on any atom is 0.137 e. The lowest BCUT2D eigenvalue weighted by atomic mass is 9.94. The molecule has 10 rings (SSSR count). The van der Waals surface area contributed by atoms with Crippen molar-refractivity contribution in [2.24, 2.45) is 0 Å². The molecule has 2 radical (unpaired) electrons. The molecule has 0 unspecified atom stereocenters. The molecule has 4 heterocycles. The first-order valence-electron chi connectivity index (χ1n) is 13.6.